The van der Waals surface area contributed by atoms with E-state index in [0.29, 0.717) is 46.7 Å². The summed E-state index contributed by atoms with van der Waals surface area (Å²) in [6.45, 7) is 5.43. The van der Waals surface area contributed by atoms with Crippen LogP contribution in [0.25, 0.3) is 0 Å². The lowest BCUT2D eigenvalue weighted by molar-refractivity contribution is -0.139. The standard InChI is InChI=1S/C25H31Cl2N3O6S/c1-5-16(2)28-25(32)17(3)29(14-19-20(26)7-6-8-21(19)27)24(31)15-30(37(4,33)34)18-9-10-22-23(13-18)36-12-11-35-22/h6-10,13,16-17H,5,11-12,14-15H2,1-4H3,(H,28,32)/t16-,17+/m1/s1. The van der Waals surface area contributed by atoms with Crippen molar-refractivity contribution in [2.24, 2.45) is 0 Å². The molecule has 37 heavy (non-hydrogen) atoms. The van der Waals surface area contributed by atoms with E-state index in [1.807, 2.05) is 13.8 Å². The fourth-order valence-electron chi connectivity index (χ4n) is 3.70. The summed E-state index contributed by atoms with van der Waals surface area (Å²) in [6, 6.07) is 8.54. The minimum Gasteiger partial charge on any atom is -0.486 e. The molecule has 9 nitrogen and oxygen atoms in total. The van der Waals surface area contributed by atoms with Crippen LogP contribution in [-0.2, 0) is 26.2 Å². The van der Waals surface area contributed by atoms with Gasteiger partial charge in [-0.05, 0) is 44.5 Å². The van der Waals surface area contributed by atoms with Crippen molar-refractivity contribution in [2.45, 2.75) is 45.8 Å². The second kappa shape index (κ2) is 12.2. The fourth-order valence-corrected chi connectivity index (χ4v) is 5.06. The third-order valence-corrected chi connectivity index (χ3v) is 7.90. The maximum atomic E-state index is 13.7. The van der Waals surface area contributed by atoms with Crippen molar-refractivity contribution in [1.29, 1.82) is 0 Å². The van der Waals surface area contributed by atoms with Crippen LogP contribution in [0.4, 0.5) is 5.69 Å². The van der Waals surface area contributed by atoms with Gasteiger partial charge in [-0.2, -0.15) is 0 Å². The predicted molar refractivity (Wildman–Crippen MR) is 144 cm³/mol. The molecule has 1 heterocycles. The predicted octanol–water partition coefficient (Wildman–Crippen LogP) is 3.86. The normalized spacial score (nSPS) is 14.4. The van der Waals surface area contributed by atoms with Gasteiger partial charge in [0.2, 0.25) is 21.8 Å². The fraction of sp³-hybridized carbons (Fsp3) is 0.440. The number of halogens is 2. The van der Waals surface area contributed by atoms with Crippen molar-refractivity contribution in [1.82, 2.24) is 10.2 Å². The van der Waals surface area contributed by atoms with Gasteiger partial charge in [0.25, 0.3) is 0 Å². The molecule has 202 valence electrons. The number of rotatable bonds is 10. The second-order valence-corrected chi connectivity index (χ2v) is 11.5. The Bertz CT molecular complexity index is 1240. The van der Waals surface area contributed by atoms with E-state index in [1.165, 1.54) is 17.0 Å². The number of amides is 2. The van der Waals surface area contributed by atoms with Crippen molar-refractivity contribution in [3.8, 4) is 11.5 Å². The number of anilines is 1. The molecule has 0 fully saturated rings. The van der Waals surface area contributed by atoms with Crippen LogP contribution in [0.3, 0.4) is 0 Å². The average molecular weight is 573 g/mol. The summed E-state index contributed by atoms with van der Waals surface area (Å²) in [5, 5.41) is 3.52. The van der Waals surface area contributed by atoms with Crippen LogP contribution < -0.4 is 19.1 Å². The molecule has 0 saturated heterocycles. The van der Waals surface area contributed by atoms with Gasteiger partial charge in [0.1, 0.15) is 25.8 Å². The lowest BCUT2D eigenvalue weighted by atomic mass is 10.1. The van der Waals surface area contributed by atoms with E-state index in [0.717, 1.165) is 10.6 Å². The van der Waals surface area contributed by atoms with Gasteiger partial charge in [-0.1, -0.05) is 36.2 Å². The summed E-state index contributed by atoms with van der Waals surface area (Å²) in [7, 11) is -3.89. The molecule has 0 unspecified atom stereocenters. The number of nitrogens with one attached hydrogen (secondary N) is 1. The topological polar surface area (TPSA) is 105 Å². The zero-order valence-corrected chi connectivity index (χ0v) is 23.5. The lowest BCUT2D eigenvalue weighted by Crippen LogP contribution is -2.52. The van der Waals surface area contributed by atoms with Gasteiger partial charge < -0.3 is 19.7 Å². The number of carbonyl (C=O) groups excluding carboxylic acids is 2. The molecule has 0 aliphatic carbocycles. The van der Waals surface area contributed by atoms with Crippen LogP contribution in [0, 0.1) is 0 Å². The quantitative estimate of drug-likeness (QED) is 0.464. The highest BCUT2D eigenvalue weighted by atomic mass is 35.5. The van der Waals surface area contributed by atoms with Gasteiger partial charge in [-0.15, -0.1) is 0 Å². The molecule has 0 saturated carbocycles. The molecule has 2 aromatic carbocycles. The molecule has 0 bridgehead atoms. The molecule has 2 atom stereocenters. The number of hydrogen-bond donors (Lipinski definition) is 1. The van der Waals surface area contributed by atoms with E-state index in [4.69, 9.17) is 32.7 Å². The van der Waals surface area contributed by atoms with Crippen LogP contribution >= 0.6 is 23.2 Å². The first-order valence-electron chi connectivity index (χ1n) is 11.8. The van der Waals surface area contributed by atoms with E-state index >= 15 is 0 Å². The van der Waals surface area contributed by atoms with Gasteiger partial charge in [-0.3, -0.25) is 13.9 Å². The summed E-state index contributed by atoms with van der Waals surface area (Å²) in [4.78, 5) is 28.0. The van der Waals surface area contributed by atoms with Crippen molar-refractivity contribution in [3.05, 3.63) is 52.0 Å². The molecule has 0 radical (unpaired) electrons. The third kappa shape index (κ3) is 7.21. The summed E-state index contributed by atoms with van der Waals surface area (Å²) in [6.07, 6.45) is 1.71. The number of nitrogens with zero attached hydrogens (tertiary/aromatic N) is 2. The Hall–Kier alpha value is -2.69. The highest BCUT2D eigenvalue weighted by Gasteiger charge is 2.31. The van der Waals surface area contributed by atoms with Crippen molar-refractivity contribution in [3.63, 3.8) is 0 Å². The number of fused-ring (bicyclic) bond motifs is 1. The molecule has 2 aromatic rings. The molecular weight excluding hydrogens is 541 g/mol. The van der Waals surface area contributed by atoms with Crippen LogP contribution in [0.5, 0.6) is 11.5 Å². The van der Waals surface area contributed by atoms with Gasteiger partial charge in [0.15, 0.2) is 11.5 Å². The maximum absolute atomic E-state index is 13.7. The maximum Gasteiger partial charge on any atom is 0.244 e. The van der Waals surface area contributed by atoms with E-state index in [-0.39, 0.29) is 24.2 Å². The van der Waals surface area contributed by atoms with Crippen LogP contribution in [0.2, 0.25) is 10.0 Å². The van der Waals surface area contributed by atoms with Crippen LogP contribution in [0.1, 0.15) is 32.8 Å². The number of carbonyl (C=O) groups is 2. The zero-order valence-electron chi connectivity index (χ0n) is 21.2. The average Bonchev–Trinajstić information content (AvgIpc) is 2.85. The Morgan fingerprint density at radius 2 is 1.68 bits per heavy atom. The highest BCUT2D eigenvalue weighted by molar-refractivity contribution is 7.92. The minimum absolute atomic E-state index is 0.0921. The van der Waals surface area contributed by atoms with Gasteiger partial charge in [0, 0.05) is 34.3 Å². The van der Waals surface area contributed by atoms with Gasteiger partial charge in [0.05, 0.1) is 11.9 Å². The Morgan fingerprint density at radius 1 is 1.05 bits per heavy atom. The molecule has 1 aliphatic heterocycles. The number of sulfonamides is 1. The second-order valence-electron chi connectivity index (χ2n) is 8.81. The Labute approximate surface area is 227 Å². The monoisotopic (exact) mass is 571 g/mol. The van der Waals surface area contributed by atoms with Crippen LogP contribution in [0.15, 0.2) is 36.4 Å². The summed E-state index contributed by atoms with van der Waals surface area (Å²) in [5.41, 5.74) is 0.681. The first-order chi connectivity index (χ1) is 17.4. The number of ether oxygens (including phenoxy) is 2. The summed E-state index contributed by atoms with van der Waals surface area (Å²) < 4.78 is 37.6. The number of benzene rings is 2. The number of hydrogen-bond acceptors (Lipinski definition) is 6. The first kappa shape index (κ1) is 28.9. The first-order valence-corrected chi connectivity index (χ1v) is 14.4. The van der Waals surface area contributed by atoms with E-state index < -0.39 is 28.5 Å². The molecule has 1 N–H and O–H groups in total. The molecular formula is C25H31Cl2N3O6S. The van der Waals surface area contributed by atoms with Crippen molar-refractivity contribution < 1.29 is 27.5 Å². The molecule has 3 rings (SSSR count). The minimum atomic E-state index is -3.89. The third-order valence-electron chi connectivity index (χ3n) is 6.05. The molecule has 0 spiro atoms. The summed E-state index contributed by atoms with van der Waals surface area (Å²) >= 11 is 12.7. The molecule has 2 amide bonds. The summed E-state index contributed by atoms with van der Waals surface area (Å²) in [5.74, 6) is -0.120. The van der Waals surface area contributed by atoms with E-state index in [9.17, 15) is 18.0 Å². The van der Waals surface area contributed by atoms with Gasteiger partial charge in [-0.25, -0.2) is 8.42 Å². The van der Waals surface area contributed by atoms with Crippen LogP contribution in [-0.4, -0.2) is 63.2 Å². The lowest BCUT2D eigenvalue weighted by Gasteiger charge is -2.32. The SMILES string of the molecule is CC[C@@H](C)NC(=O)[C@H](C)N(Cc1c(Cl)cccc1Cl)C(=O)CN(c1ccc2c(c1)OCCO2)S(C)(=O)=O. The van der Waals surface area contributed by atoms with Gasteiger partial charge >= 0.3 is 0 Å². The molecule has 0 aromatic heterocycles. The van der Waals surface area contributed by atoms with Crippen molar-refractivity contribution in [2.75, 3.05) is 30.3 Å². The Morgan fingerprint density at radius 3 is 2.27 bits per heavy atom. The highest BCUT2D eigenvalue weighted by Crippen LogP contribution is 2.35. The Kier molecular flexibility index (Phi) is 9.55. The molecule has 12 heteroatoms. The van der Waals surface area contributed by atoms with E-state index in [1.54, 1.807) is 31.2 Å². The smallest absolute Gasteiger partial charge is 0.244 e. The van der Waals surface area contributed by atoms with E-state index in [2.05, 4.69) is 5.32 Å². The zero-order chi connectivity index (χ0) is 27.3. The Balaban J connectivity index is 1.96. The molecule has 1 aliphatic rings. The van der Waals surface area contributed by atoms with Crippen molar-refractivity contribution >= 4 is 50.7 Å². The largest absolute Gasteiger partial charge is 0.486 e.